The molecule has 170 valence electrons. The van der Waals surface area contributed by atoms with Gasteiger partial charge in [0.2, 0.25) is 0 Å². The molecule has 6 heteroatoms. The minimum absolute atomic E-state index is 0.0828. The number of hydrogen-bond acceptors (Lipinski definition) is 3. The lowest BCUT2D eigenvalue weighted by Crippen LogP contribution is -2.27. The number of thiocarbonyl (C=S) groups is 1. The molecular weight excluding hydrogens is 480 g/mol. The Morgan fingerprint density at radius 2 is 1.71 bits per heavy atom. The highest BCUT2D eigenvalue weighted by molar-refractivity contribution is 8.27. The minimum atomic E-state index is -0.0828. The van der Waals surface area contributed by atoms with Crippen LogP contribution in [-0.4, -0.2) is 14.8 Å². The highest BCUT2D eigenvalue weighted by Gasteiger charge is 2.34. The van der Waals surface area contributed by atoms with Gasteiger partial charge in [-0.25, -0.2) is 0 Å². The van der Waals surface area contributed by atoms with Crippen LogP contribution in [0.5, 0.6) is 0 Å². The third kappa shape index (κ3) is 3.98. The Bertz CT molecular complexity index is 1500. The number of hydrogen-bond donors (Lipinski definition) is 0. The average molecular weight is 503 g/mol. The van der Waals surface area contributed by atoms with Crippen molar-refractivity contribution in [3.63, 3.8) is 0 Å². The van der Waals surface area contributed by atoms with Crippen molar-refractivity contribution in [2.75, 3.05) is 4.90 Å². The van der Waals surface area contributed by atoms with E-state index in [4.69, 9.17) is 23.8 Å². The maximum Gasteiger partial charge on any atom is 0.270 e. The largest absolute Gasteiger partial charge is 0.340 e. The van der Waals surface area contributed by atoms with Crippen LogP contribution in [-0.2, 0) is 11.3 Å². The van der Waals surface area contributed by atoms with E-state index >= 15 is 0 Å². The summed E-state index contributed by atoms with van der Waals surface area (Å²) in [5.41, 5.74) is 7.41. The maximum absolute atomic E-state index is 13.4. The summed E-state index contributed by atoms with van der Waals surface area (Å²) >= 11 is 13.4. The third-order valence-electron chi connectivity index (χ3n) is 6.38. The molecule has 34 heavy (non-hydrogen) atoms. The second-order valence-corrected chi connectivity index (χ2v) is 10.6. The van der Waals surface area contributed by atoms with Crippen molar-refractivity contribution < 1.29 is 4.79 Å². The number of fused-ring (bicyclic) bond motifs is 1. The lowest BCUT2D eigenvalue weighted by molar-refractivity contribution is -0.113. The molecule has 3 nitrogen and oxygen atoms in total. The van der Waals surface area contributed by atoms with E-state index in [0.29, 0.717) is 15.8 Å². The van der Waals surface area contributed by atoms with Gasteiger partial charge in [-0.3, -0.25) is 9.69 Å². The number of thioether (sulfide) groups is 1. The second kappa shape index (κ2) is 9.06. The van der Waals surface area contributed by atoms with E-state index in [9.17, 15) is 4.79 Å². The summed E-state index contributed by atoms with van der Waals surface area (Å²) in [5.74, 6) is -0.0828. The fourth-order valence-electron chi connectivity index (χ4n) is 4.33. The van der Waals surface area contributed by atoms with Crippen LogP contribution in [0, 0.1) is 20.8 Å². The van der Waals surface area contributed by atoms with Gasteiger partial charge in [0.1, 0.15) is 0 Å². The van der Waals surface area contributed by atoms with Crippen LogP contribution in [0.1, 0.15) is 27.9 Å². The lowest BCUT2D eigenvalue weighted by Gasteiger charge is -2.15. The molecule has 5 rings (SSSR count). The molecule has 0 aliphatic carbocycles. The van der Waals surface area contributed by atoms with Gasteiger partial charge in [-0.15, -0.1) is 0 Å². The SMILES string of the molecule is Cc1ccc(N2C(=O)/C(=C\c3c(C)n(Cc4ccccc4Cl)c4ccccc34)SC2=S)cc1C. The number of carbonyl (C=O) groups is 1. The van der Waals surface area contributed by atoms with Crippen molar-refractivity contribution in [1.82, 2.24) is 4.57 Å². The van der Waals surface area contributed by atoms with E-state index in [1.54, 1.807) is 4.90 Å². The molecule has 0 radical (unpaired) electrons. The van der Waals surface area contributed by atoms with Crippen molar-refractivity contribution in [3.8, 4) is 0 Å². The fraction of sp³-hybridized carbons (Fsp3) is 0.143. The third-order valence-corrected chi connectivity index (χ3v) is 8.05. The number of halogens is 1. The maximum atomic E-state index is 13.4. The van der Waals surface area contributed by atoms with Crippen molar-refractivity contribution in [2.24, 2.45) is 0 Å². The molecule has 0 bridgehead atoms. The van der Waals surface area contributed by atoms with E-state index in [1.165, 1.54) is 17.3 Å². The Labute approximate surface area is 214 Å². The van der Waals surface area contributed by atoms with Gasteiger partial charge in [0.25, 0.3) is 5.91 Å². The number of anilines is 1. The number of benzene rings is 3. The zero-order valence-corrected chi connectivity index (χ0v) is 21.5. The number of aryl methyl sites for hydroxylation is 2. The van der Waals surface area contributed by atoms with Crippen LogP contribution in [0.3, 0.4) is 0 Å². The molecule has 3 aromatic carbocycles. The number of rotatable bonds is 4. The summed E-state index contributed by atoms with van der Waals surface area (Å²) in [6.07, 6.45) is 1.99. The topological polar surface area (TPSA) is 25.2 Å². The van der Waals surface area contributed by atoms with E-state index in [1.807, 2.05) is 67.6 Å². The first-order valence-electron chi connectivity index (χ1n) is 11.0. The second-order valence-electron chi connectivity index (χ2n) is 8.48. The van der Waals surface area contributed by atoms with Gasteiger partial charge in [-0.1, -0.05) is 78.0 Å². The highest BCUT2D eigenvalue weighted by atomic mass is 35.5. The molecule has 0 spiro atoms. The van der Waals surface area contributed by atoms with E-state index in [-0.39, 0.29) is 5.91 Å². The van der Waals surface area contributed by atoms with Crippen LogP contribution in [0.4, 0.5) is 5.69 Å². The molecule has 1 amide bonds. The number of para-hydroxylation sites is 1. The van der Waals surface area contributed by atoms with Gasteiger partial charge >= 0.3 is 0 Å². The van der Waals surface area contributed by atoms with Crippen molar-refractivity contribution in [2.45, 2.75) is 27.3 Å². The molecule has 2 heterocycles. The van der Waals surface area contributed by atoms with Crippen LogP contribution in [0.2, 0.25) is 5.02 Å². The Hall–Kier alpha value is -2.86. The predicted molar refractivity (Wildman–Crippen MR) is 149 cm³/mol. The van der Waals surface area contributed by atoms with Gasteiger partial charge in [0.05, 0.1) is 10.6 Å². The molecular formula is C28H23ClN2OS2. The van der Waals surface area contributed by atoms with Gasteiger partial charge < -0.3 is 4.57 Å². The summed E-state index contributed by atoms with van der Waals surface area (Å²) in [5, 5.41) is 1.85. The van der Waals surface area contributed by atoms with Crippen LogP contribution in [0.25, 0.3) is 17.0 Å². The predicted octanol–water partition coefficient (Wildman–Crippen LogP) is 7.67. The molecule has 0 atom stereocenters. The van der Waals surface area contributed by atoms with E-state index in [2.05, 4.69) is 30.5 Å². The number of carbonyl (C=O) groups excluding carboxylic acids is 1. The zero-order valence-electron chi connectivity index (χ0n) is 19.1. The average Bonchev–Trinajstić information content (AvgIpc) is 3.25. The summed E-state index contributed by atoms with van der Waals surface area (Å²) in [4.78, 5) is 15.7. The molecule has 0 unspecified atom stereocenters. The smallest absolute Gasteiger partial charge is 0.270 e. The van der Waals surface area contributed by atoms with Crippen LogP contribution >= 0.6 is 35.6 Å². The number of amides is 1. The van der Waals surface area contributed by atoms with Gasteiger partial charge in [0, 0.05) is 33.7 Å². The van der Waals surface area contributed by atoms with Gasteiger partial charge in [-0.05, 0) is 67.8 Å². The number of nitrogens with zero attached hydrogens (tertiary/aromatic N) is 2. The quantitative estimate of drug-likeness (QED) is 0.211. The monoisotopic (exact) mass is 502 g/mol. The molecule has 1 aliphatic heterocycles. The first kappa shape index (κ1) is 22.9. The van der Waals surface area contributed by atoms with Crippen LogP contribution in [0.15, 0.2) is 71.6 Å². The fourth-order valence-corrected chi connectivity index (χ4v) is 5.80. The Balaban J connectivity index is 1.57. The first-order valence-corrected chi connectivity index (χ1v) is 12.6. The highest BCUT2D eigenvalue weighted by Crippen LogP contribution is 2.38. The van der Waals surface area contributed by atoms with Crippen molar-refractivity contribution in [3.05, 3.63) is 105 Å². The summed E-state index contributed by atoms with van der Waals surface area (Å²) in [6, 6.07) is 22.2. The van der Waals surface area contributed by atoms with E-state index < -0.39 is 0 Å². The molecule has 1 fully saturated rings. The summed E-state index contributed by atoms with van der Waals surface area (Å²) in [6.45, 7) is 6.85. The first-order chi connectivity index (χ1) is 16.3. The van der Waals surface area contributed by atoms with Gasteiger partial charge in [-0.2, -0.15) is 0 Å². The minimum Gasteiger partial charge on any atom is -0.340 e. The molecule has 0 saturated carbocycles. The number of aromatic nitrogens is 1. The van der Waals surface area contributed by atoms with E-state index in [0.717, 1.165) is 44.0 Å². The molecule has 4 aromatic rings. The molecule has 0 N–H and O–H groups in total. The molecule has 1 aromatic heterocycles. The van der Waals surface area contributed by atoms with Crippen molar-refractivity contribution in [1.29, 1.82) is 0 Å². The Kier molecular flexibility index (Phi) is 6.11. The molecule has 1 saturated heterocycles. The van der Waals surface area contributed by atoms with Crippen LogP contribution < -0.4 is 4.90 Å². The Morgan fingerprint density at radius 1 is 0.971 bits per heavy atom. The summed E-state index contributed by atoms with van der Waals surface area (Å²) in [7, 11) is 0. The summed E-state index contributed by atoms with van der Waals surface area (Å²) < 4.78 is 2.81. The van der Waals surface area contributed by atoms with Crippen molar-refractivity contribution >= 4 is 68.5 Å². The van der Waals surface area contributed by atoms with Gasteiger partial charge in [0.15, 0.2) is 4.32 Å². The lowest BCUT2D eigenvalue weighted by atomic mass is 10.1. The zero-order chi connectivity index (χ0) is 24.0. The normalized spacial score (nSPS) is 15.2. The standard InChI is InChI=1S/C28H23ClN2OS2/c1-17-12-13-21(14-18(17)2)31-27(32)26(34-28(31)33)15-23-19(3)30(25-11-7-5-9-22(23)25)16-20-8-4-6-10-24(20)29/h4-15H,16H2,1-3H3/b26-15+. The Morgan fingerprint density at radius 3 is 2.47 bits per heavy atom. The molecule has 1 aliphatic rings.